The molecule has 0 rings (SSSR count). The van der Waals surface area contributed by atoms with Gasteiger partial charge in [-0.1, -0.05) is 90.4 Å². The number of hydrogen-bond donors (Lipinski definition) is 4. The third kappa shape index (κ3) is 17.5. The van der Waals surface area contributed by atoms with E-state index in [0.717, 1.165) is 19.3 Å². The van der Waals surface area contributed by atoms with E-state index in [1.807, 2.05) is 0 Å². The van der Waals surface area contributed by atoms with Gasteiger partial charge in [-0.05, 0) is 6.42 Å². The van der Waals surface area contributed by atoms with Gasteiger partial charge in [-0.3, -0.25) is 9.32 Å². The molecular weight excluding hydrogens is 371 g/mol. The fourth-order valence-electron chi connectivity index (χ4n) is 2.98. The van der Waals surface area contributed by atoms with Gasteiger partial charge in [0, 0.05) is 0 Å². The largest absolute Gasteiger partial charge is 0.470 e. The molecule has 27 heavy (non-hydrogen) atoms. The minimum Gasteiger partial charge on any atom is -0.390 e. The molecule has 0 bridgehead atoms. The maximum Gasteiger partial charge on any atom is 0.470 e. The van der Waals surface area contributed by atoms with Gasteiger partial charge in [-0.15, -0.1) is 0 Å². The van der Waals surface area contributed by atoms with Crippen LogP contribution < -0.4 is 0 Å². The minimum absolute atomic E-state index is 0.278. The van der Waals surface area contributed by atoms with Gasteiger partial charge in [0.05, 0.1) is 6.10 Å². The summed E-state index contributed by atoms with van der Waals surface area (Å²) < 4.78 is 14.5. The quantitative estimate of drug-likeness (QED) is 0.188. The Morgan fingerprint density at radius 1 is 0.815 bits per heavy atom. The van der Waals surface area contributed by atoms with Crippen molar-refractivity contribution in [3.63, 3.8) is 0 Å². The predicted octanol–water partition coefficient (Wildman–Crippen LogP) is 3.87. The van der Waals surface area contributed by atoms with Crippen LogP contribution in [-0.2, 0) is 13.9 Å². The summed E-state index contributed by atoms with van der Waals surface area (Å²) in [5, 5.41) is 19.4. The first kappa shape index (κ1) is 26.7. The molecule has 0 aromatic heterocycles. The third-order valence-corrected chi connectivity index (χ3v) is 5.14. The van der Waals surface area contributed by atoms with Crippen molar-refractivity contribution in [2.24, 2.45) is 0 Å². The lowest BCUT2D eigenvalue weighted by atomic mass is 10.0. The molecule has 0 radical (unpaired) electrons. The van der Waals surface area contributed by atoms with Crippen LogP contribution in [0.25, 0.3) is 0 Å². The second kappa shape index (κ2) is 16.6. The zero-order valence-corrected chi connectivity index (χ0v) is 17.6. The van der Waals surface area contributed by atoms with Crippen molar-refractivity contribution in [2.45, 2.75) is 109 Å². The molecule has 8 heteroatoms. The zero-order chi connectivity index (χ0) is 20.5. The van der Waals surface area contributed by atoms with E-state index in [-0.39, 0.29) is 6.42 Å². The van der Waals surface area contributed by atoms with Crippen LogP contribution in [0.3, 0.4) is 0 Å². The van der Waals surface area contributed by atoms with E-state index < -0.39 is 32.4 Å². The van der Waals surface area contributed by atoms with Gasteiger partial charge in [0.25, 0.3) is 0 Å². The minimum atomic E-state index is -4.75. The van der Waals surface area contributed by atoms with E-state index >= 15 is 0 Å². The Morgan fingerprint density at radius 2 is 1.22 bits per heavy atom. The Bertz CT molecular complexity index is 411. The van der Waals surface area contributed by atoms with Crippen molar-refractivity contribution in [3.05, 3.63) is 0 Å². The molecule has 0 heterocycles. The number of carbonyl (C=O) groups is 1. The SMILES string of the molecule is CCCCCCCCCCCCCCCC(O)C(O)C(=O)COP(=O)(O)O. The molecule has 2 unspecified atom stereocenters. The molecule has 0 amide bonds. The van der Waals surface area contributed by atoms with E-state index in [2.05, 4.69) is 11.4 Å². The van der Waals surface area contributed by atoms with Gasteiger partial charge in [0.2, 0.25) is 0 Å². The second-order valence-corrected chi connectivity index (χ2v) is 8.51. The number of aliphatic hydroxyl groups excluding tert-OH is 2. The number of hydrogen-bond acceptors (Lipinski definition) is 5. The molecule has 162 valence electrons. The van der Waals surface area contributed by atoms with Gasteiger partial charge in [0.1, 0.15) is 12.7 Å². The summed E-state index contributed by atoms with van der Waals surface area (Å²) in [5.74, 6) is -0.930. The van der Waals surface area contributed by atoms with E-state index in [1.54, 1.807) is 0 Å². The van der Waals surface area contributed by atoms with Crippen LogP contribution in [0.1, 0.15) is 96.8 Å². The number of carbonyl (C=O) groups excluding carboxylic acids is 1. The summed E-state index contributed by atoms with van der Waals surface area (Å²) in [6.45, 7) is 1.31. The van der Waals surface area contributed by atoms with Crippen molar-refractivity contribution in [1.82, 2.24) is 0 Å². The lowest BCUT2D eigenvalue weighted by molar-refractivity contribution is -0.135. The Morgan fingerprint density at radius 3 is 1.63 bits per heavy atom. The molecule has 2 atom stereocenters. The Hall–Kier alpha value is -0.300. The first-order valence-electron chi connectivity index (χ1n) is 10.4. The number of rotatable bonds is 19. The lowest BCUT2D eigenvalue weighted by Gasteiger charge is -2.16. The molecular formula is C19H39O7P. The molecule has 0 aliphatic rings. The summed E-state index contributed by atoms with van der Waals surface area (Å²) in [7, 11) is -4.75. The van der Waals surface area contributed by atoms with E-state index in [9.17, 15) is 19.6 Å². The summed E-state index contributed by atoms with van der Waals surface area (Å²) in [4.78, 5) is 28.5. The maximum absolute atomic E-state index is 11.5. The standard InChI is InChI=1S/C19H39O7P/c1-2-3-4-5-6-7-8-9-10-11-12-13-14-15-17(20)19(22)18(21)16-26-27(23,24)25/h17,19-20,22H,2-16H2,1H3,(H2,23,24,25). The number of Topliss-reactive ketones (excluding diaryl/α,β-unsaturated/α-hetero) is 1. The Labute approximate surface area is 163 Å². The van der Waals surface area contributed by atoms with Gasteiger partial charge in [0.15, 0.2) is 5.78 Å². The normalized spacial score (nSPS) is 14.3. The van der Waals surface area contributed by atoms with E-state index in [1.165, 1.54) is 57.8 Å². The van der Waals surface area contributed by atoms with Crippen molar-refractivity contribution in [2.75, 3.05) is 6.61 Å². The topological polar surface area (TPSA) is 124 Å². The maximum atomic E-state index is 11.5. The predicted molar refractivity (Wildman–Crippen MR) is 105 cm³/mol. The smallest absolute Gasteiger partial charge is 0.390 e. The number of unbranched alkanes of at least 4 members (excludes halogenated alkanes) is 12. The second-order valence-electron chi connectivity index (χ2n) is 7.27. The van der Waals surface area contributed by atoms with Crippen LogP contribution in [0.4, 0.5) is 0 Å². The highest BCUT2D eigenvalue weighted by Gasteiger charge is 2.26. The highest BCUT2D eigenvalue weighted by Crippen LogP contribution is 2.35. The van der Waals surface area contributed by atoms with E-state index in [4.69, 9.17) is 9.79 Å². The first-order chi connectivity index (χ1) is 12.8. The zero-order valence-electron chi connectivity index (χ0n) is 16.7. The fourth-order valence-corrected chi connectivity index (χ4v) is 3.27. The van der Waals surface area contributed by atoms with Crippen molar-refractivity contribution < 1.29 is 33.9 Å². The third-order valence-electron chi connectivity index (χ3n) is 4.67. The van der Waals surface area contributed by atoms with Gasteiger partial charge >= 0.3 is 7.82 Å². The van der Waals surface area contributed by atoms with Crippen LogP contribution in [0.15, 0.2) is 0 Å². The molecule has 0 aromatic rings. The molecule has 0 aliphatic carbocycles. The first-order valence-corrected chi connectivity index (χ1v) is 11.9. The molecule has 4 N–H and O–H groups in total. The molecule has 0 saturated heterocycles. The molecule has 0 aromatic carbocycles. The Kier molecular flexibility index (Phi) is 16.5. The average molecular weight is 410 g/mol. The van der Waals surface area contributed by atoms with Gasteiger partial charge < -0.3 is 20.0 Å². The molecule has 7 nitrogen and oxygen atoms in total. The van der Waals surface area contributed by atoms with Crippen LogP contribution >= 0.6 is 7.82 Å². The van der Waals surface area contributed by atoms with Crippen molar-refractivity contribution >= 4 is 13.6 Å². The molecule has 0 spiro atoms. The van der Waals surface area contributed by atoms with Crippen molar-refractivity contribution in [3.8, 4) is 0 Å². The highest BCUT2D eigenvalue weighted by molar-refractivity contribution is 7.46. The van der Waals surface area contributed by atoms with Crippen LogP contribution in [-0.4, -0.2) is 44.6 Å². The van der Waals surface area contributed by atoms with Crippen LogP contribution in [0.5, 0.6) is 0 Å². The number of phosphoric ester groups is 1. The fraction of sp³-hybridized carbons (Fsp3) is 0.947. The average Bonchev–Trinajstić information content (AvgIpc) is 2.62. The highest BCUT2D eigenvalue weighted by atomic mass is 31.2. The van der Waals surface area contributed by atoms with E-state index in [0.29, 0.717) is 6.42 Å². The molecule has 0 saturated carbocycles. The van der Waals surface area contributed by atoms with Gasteiger partial charge in [-0.2, -0.15) is 0 Å². The van der Waals surface area contributed by atoms with Gasteiger partial charge in [-0.25, -0.2) is 4.57 Å². The lowest BCUT2D eigenvalue weighted by Crippen LogP contribution is -2.36. The number of phosphoric acid groups is 1. The summed E-state index contributed by atoms with van der Waals surface area (Å²) in [5.41, 5.74) is 0. The van der Waals surface area contributed by atoms with Crippen LogP contribution in [0, 0.1) is 0 Å². The summed E-state index contributed by atoms with van der Waals surface area (Å²) in [6, 6.07) is 0. The number of aliphatic hydroxyl groups is 2. The molecule has 0 fully saturated rings. The summed E-state index contributed by atoms with van der Waals surface area (Å²) in [6.07, 6.45) is 13.0. The van der Waals surface area contributed by atoms with Crippen molar-refractivity contribution in [1.29, 1.82) is 0 Å². The molecule has 0 aliphatic heterocycles. The Balaban J connectivity index is 3.50. The number of ketones is 1. The summed E-state index contributed by atoms with van der Waals surface area (Å²) >= 11 is 0. The monoisotopic (exact) mass is 410 g/mol. The van der Waals surface area contributed by atoms with Crippen LogP contribution in [0.2, 0.25) is 0 Å².